The molecule has 0 aromatic heterocycles. The number of nitrogens with zero attached hydrogens (tertiary/aromatic N) is 2. The van der Waals surface area contributed by atoms with Crippen molar-refractivity contribution in [1.29, 1.82) is 0 Å². The highest BCUT2D eigenvalue weighted by Crippen LogP contribution is 2.16. The van der Waals surface area contributed by atoms with Gasteiger partial charge < -0.3 is 4.90 Å². The zero-order valence-corrected chi connectivity index (χ0v) is 17.4. The van der Waals surface area contributed by atoms with E-state index in [9.17, 15) is 17.4 Å². The van der Waals surface area contributed by atoms with Crippen LogP contribution in [0.25, 0.3) is 0 Å². The molecule has 0 spiro atoms. The summed E-state index contributed by atoms with van der Waals surface area (Å²) in [5, 5.41) is 0. The van der Waals surface area contributed by atoms with Crippen LogP contribution in [0, 0.1) is 0 Å². The molecule has 3 rings (SSSR count). The van der Waals surface area contributed by atoms with Crippen molar-refractivity contribution in [1.82, 2.24) is 9.21 Å². The third kappa shape index (κ3) is 5.27. The van der Waals surface area contributed by atoms with Crippen molar-refractivity contribution < 1.29 is 17.4 Å². The number of amides is 1. The van der Waals surface area contributed by atoms with Crippen LogP contribution in [0.1, 0.15) is 21.5 Å². The summed E-state index contributed by atoms with van der Waals surface area (Å²) in [6.45, 7) is 1.30. The molecule has 1 heterocycles. The van der Waals surface area contributed by atoms with Gasteiger partial charge in [0.15, 0.2) is 0 Å². The predicted octanol–water partition coefficient (Wildman–Crippen LogP) is 1.85. The number of piperazine rings is 1. The van der Waals surface area contributed by atoms with Crippen molar-refractivity contribution in [2.75, 3.05) is 32.4 Å². The van der Waals surface area contributed by atoms with Gasteiger partial charge in [-0.3, -0.25) is 9.00 Å². The Balaban J connectivity index is 1.62. The minimum Gasteiger partial charge on any atom is -0.336 e. The number of rotatable bonds is 6. The molecule has 0 N–H and O–H groups in total. The molecule has 0 bridgehead atoms. The summed E-state index contributed by atoms with van der Waals surface area (Å²) in [4.78, 5) is 14.4. The lowest BCUT2D eigenvalue weighted by atomic mass is 10.1. The zero-order chi connectivity index (χ0) is 20.1. The fourth-order valence-corrected chi connectivity index (χ4v) is 5.42. The first kappa shape index (κ1) is 20.7. The molecule has 2 aromatic rings. The lowest BCUT2D eigenvalue weighted by molar-refractivity contribution is 0.0697. The average molecular weight is 421 g/mol. The fourth-order valence-electron chi connectivity index (χ4n) is 3.26. The number of hydrogen-bond donors (Lipinski definition) is 0. The van der Waals surface area contributed by atoms with E-state index in [2.05, 4.69) is 0 Å². The van der Waals surface area contributed by atoms with Gasteiger partial charge >= 0.3 is 0 Å². The zero-order valence-electron chi connectivity index (χ0n) is 15.8. The fraction of sp³-hybridized carbons (Fsp3) is 0.350. The van der Waals surface area contributed by atoms with E-state index < -0.39 is 20.8 Å². The van der Waals surface area contributed by atoms with Crippen LogP contribution in [0.3, 0.4) is 0 Å². The lowest BCUT2D eigenvalue weighted by Crippen LogP contribution is -2.50. The van der Waals surface area contributed by atoms with Gasteiger partial charge in [-0.2, -0.15) is 4.31 Å². The van der Waals surface area contributed by atoms with E-state index in [1.807, 2.05) is 24.3 Å². The molecule has 1 atom stereocenters. The summed E-state index contributed by atoms with van der Waals surface area (Å²) >= 11 is 0. The Hall–Kier alpha value is -2.03. The van der Waals surface area contributed by atoms with Crippen molar-refractivity contribution in [2.24, 2.45) is 0 Å². The third-order valence-corrected chi connectivity index (χ3v) is 7.24. The first-order valence-electron chi connectivity index (χ1n) is 9.05. The summed E-state index contributed by atoms with van der Waals surface area (Å²) in [7, 11) is -4.38. The Morgan fingerprint density at radius 1 is 0.964 bits per heavy atom. The topological polar surface area (TPSA) is 74.8 Å². The lowest BCUT2D eigenvalue weighted by Gasteiger charge is -2.34. The van der Waals surface area contributed by atoms with Crippen molar-refractivity contribution in [3.05, 3.63) is 71.3 Å². The van der Waals surface area contributed by atoms with Crippen LogP contribution in [0.4, 0.5) is 0 Å². The van der Waals surface area contributed by atoms with Gasteiger partial charge in [-0.15, -0.1) is 0 Å². The van der Waals surface area contributed by atoms with Crippen LogP contribution in [0.5, 0.6) is 0 Å². The van der Waals surface area contributed by atoms with Crippen LogP contribution < -0.4 is 0 Å². The molecule has 1 aliphatic heterocycles. The van der Waals surface area contributed by atoms with Crippen molar-refractivity contribution in [2.45, 2.75) is 11.5 Å². The second kappa shape index (κ2) is 8.98. The molecule has 1 saturated heterocycles. The van der Waals surface area contributed by atoms with Gasteiger partial charge in [0, 0.05) is 54.6 Å². The molecule has 6 nitrogen and oxygen atoms in total. The Kier molecular flexibility index (Phi) is 6.64. The second-order valence-corrected chi connectivity index (χ2v) is 10.3. The highest BCUT2D eigenvalue weighted by molar-refractivity contribution is 7.88. The maximum Gasteiger partial charge on any atom is 0.253 e. The summed E-state index contributed by atoms with van der Waals surface area (Å²) in [6.07, 6.45) is 1.63. The Morgan fingerprint density at radius 3 is 2.25 bits per heavy atom. The maximum atomic E-state index is 12.8. The second-order valence-electron chi connectivity index (χ2n) is 6.85. The summed E-state index contributed by atoms with van der Waals surface area (Å²) in [5.41, 5.74) is 2.16. The molecule has 8 heteroatoms. The maximum absolute atomic E-state index is 12.8. The van der Waals surface area contributed by atoms with Gasteiger partial charge in [0.2, 0.25) is 10.0 Å². The molecule has 28 heavy (non-hydrogen) atoms. The number of carbonyl (C=O) groups is 1. The van der Waals surface area contributed by atoms with Crippen LogP contribution in [-0.2, 0) is 32.3 Å². The molecule has 0 saturated carbocycles. The molecular formula is C20H24N2O4S2. The molecule has 0 aliphatic carbocycles. The van der Waals surface area contributed by atoms with Gasteiger partial charge in [0.05, 0.1) is 5.75 Å². The van der Waals surface area contributed by atoms with Crippen molar-refractivity contribution >= 4 is 26.7 Å². The largest absolute Gasteiger partial charge is 0.336 e. The molecule has 2 aromatic carbocycles. The SMILES string of the molecule is CS(=O)Cc1cccc(C(=O)N2CCN(S(=O)(=O)Cc3ccccc3)CC2)c1. The van der Waals surface area contributed by atoms with Gasteiger partial charge in [0.25, 0.3) is 5.91 Å². The summed E-state index contributed by atoms with van der Waals surface area (Å²) in [5.74, 6) is 0.258. The van der Waals surface area contributed by atoms with E-state index in [1.165, 1.54) is 4.31 Å². The van der Waals surface area contributed by atoms with Crippen molar-refractivity contribution in [3.8, 4) is 0 Å². The molecule has 150 valence electrons. The van der Waals surface area contributed by atoms with Gasteiger partial charge in [0.1, 0.15) is 0 Å². The van der Waals surface area contributed by atoms with Crippen molar-refractivity contribution in [3.63, 3.8) is 0 Å². The number of hydrogen-bond acceptors (Lipinski definition) is 4. The summed E-state index contributed by atoms with van der Waals surface area (Å²) in [6, 6.07) is 16.2. The summed E-state index contributed by atoms with van der Waals surface area (Å²) < 4.78 is 38.2. The molecule has 1 fully saturated rings. The normalized spacial score (nSPS) is 16.7. The Labute approximate surface area is 168 Å². The van der Waals surface area contributed by atoms with Crippen LogP contribution in [0.2, 0.25) is 0 Å². The quantitative estimate of drug-likeness (QED) is 0.715. The smallest absolute Gasteiger partial charge is 0.253 e. The number of benzene rings is 2. The van der Waals surface area contributed by atoms with Crippen LogP contribution in [-0.4, -0.2) is 60.2 Å². The van der Waals surface area contributed by atoms with Gasteiger partial charge in [-0.1, -0.05) is 42.5 Å². The Morgan fingerprint density at radius 2 is 1.61 bits per heavy atom. The standard InChI is InChI=1S/C20H24N2O4S2/c1-27(24)15-18-8-5-9-19(14-18)20(23)21-10-12-22(13-11-21)28(25,26)16-17-6-3-2-4-7-17/h2-9,14H,10-13,15-16H2,1H3. The van der Waals surface area contributed by atoms with E-state index in [4.69, 9.17) is 0 Å². The first-order chi connectivity index (χ1) is 13.3. The molecule has 1 unspecified atom stereocenters. The minimum absolute atomic E-state index is 0.0298. The number of carbonyl (C=O) groups excluding carboxylic acids is 1. The monoisotopic (exact) mass is 420 g/mol. The average Bonchev–Trinajstić information content (AvgIpc) is 2.68. The molecule has 1 amide bonds. The molecule has 0 radical (unpaired) electrons. The van der Waals surface area contributed by atoms with E-state index in [0.717, 1.165) is 11.1 Å². The molecular weight excluding hydrogens is 396 g/mol. The third-order valence-electron chi connectivity index (χ3n) is 4.65. The predicted molar refractivity (Wildman–Crippen MR) is 111 cm³/mol. The Bertz CT molecular complexity index is 953. The molecule has 1 aliphatic rings. The van der Waals surface area contributed by atoms with E-state index in [-0.39, 0.29) is 11.7 Å². The van der Waals surface area contributed by atoms with Crippen LogP contribution in [0.15, 0.2) is 54.6 Å². The first-order valence-corrected chi connectivity index (χ1v) is 12.4. The van der Waals surface area contributed by atoms with E-state index in [0.29, 0.717) is 37.5 Å². The van der Waals surface area contributed by atoms with Crippen LogP contribution >= 0.6 is 0 Å². The minimum atomic E-state index is -3.41. The van der Waals surface area contributed by atoms with Gasteiger partial charge in [-0.25, -0.2) is 8.42 Å². The van der Waals surface area contributed by atoms with E-state index in [1.54, 1.807) is 41.5 Å². The highest BCUT2D eigenvalue weighted by Gasteiger charge is 2.29. The highest BCUT2D eigenvalue weighted by atomic mass is 32.2. The van der Waals surface area contributed by atoms with E-state index >= 15 is 0 Å². The number of sulfonamides is 1. The van der Waals surface area contributed by atoms with Gasteiger partial charge in [-0.05, 0) is 23.3 Å².